The molecule has 18 heavy (non-hydrogen) atoms. The Labute approximate surface area is 108 Å². The Bertz CT molecular complexity index is 393. The van der Waals surface area contributed by atoms with E-state index in [0.717, 1.165) is 13.0 Å². The average molecular weight is 247 g/mol. The highest BCUT2D eigenvalue weighted by Crippen LogP contribution is 2.30. The molecule has 0 aromatic heterocycles. The number of rotatable bonds is 4. The van der Waals surface area contributed by atoms with E-state index >= 15 is 0 Å². The minimum absolute atomic E-state index is 0.0683. The summed E-state index contributed by atoms with van der Waals surface area (Å²) >= 11 is 0. The first kappa shape index (κ1) is 13.1. The van der Waals surface area contributed by atoms with Gasteiger partial charge in [0.05, 0.1) is 12.6 Å². The second-order valence-corrected chi connectivity index (χ2v) is 4.83. The lowest BCUT2D eigenvalue weighted by Crippen LogP contribution is -2.42. The van der Waals surface area contributed by atoms with Gasteiger partial charge in [0, 0.05) is 12.6 Å². The van der Waals surface area contributed by atoms with Crippen LogP contribution in [0, 0.1) is 0 Å². The number of amides is 1. The van der Waals surface area contributed by atoms with Crippen LogP contribution in [0.3, 0.4) is 0 Å². The lowest BCUT2D eigenvalue weighted by molar-refractivity contribution is -0.121. The number of carbonyl (C=O) groups is 1. The minimum Gasteiger partial charge on any atom is -0.350 e. The molecular weight excluding hydrogens is 226 g/mol. The van der Waals surface area contributed by atoms with Gasteiger partial charge in [-0.1, -0.05) is 30.3 Å². The molecule has 0 radical (unpaired) electrons. The van der Waals surface area contributed by atoms with Crippen LogP contribution in [-0.4, -0.2) is 44.0 Å². The average Bonchev–Trinajstić information content (AvgIpc) is 2.72. The molecule has 1 amide bonds. The number of hydrogen-bond donors (Lipinski definition) is 2. The summed E-state index contributed by atoms with van der Waals surface area (Å²) in [5.41, 5.74) is 1.27. The van der Waals surface area contributed by atoms with Crippen LogP contribution >= 0.6 is 0 Å². The summed E-state index contributed by atoms with van der Waals surface area (Å²) in [4.78, 5) is 14.0. The van der Waals surface area contributed by atoms with Crippen LogP contribution in [-0.2, 0) is 4.79 Å². The molecule has 1 aromatic rings. The van der Waals surface area contributed by atoms with Gasteiger partial charge in [0.2, 0.25) is 5.91 Å². The Hall–Kier alpha value is -1.39. The lowest BCUT2D eigenvalue weighted by Gasteiger charge is -2.26. The number of nitrogens with zero attached hydrogens (tertiary/aromatic N) is 1. The smallest absolute Gasteiger partial charge is 0.234 e. The molecule has 2 atom stereocenters. The Morgan fingerprint density at radius 2 is 2.11 bits per heavy atom. The van der Waals surface area contributed by atoms with Crippen LogP contribution < -0.4 is 10.6 Å². The molecule has 0 saturated carbocycles. The first-order chi connectivity index (χ1) is 8.72. The molecule has 1 fully saturated rings. The summed E-state index contributed by atoms with van der Waals surface area (Å²) in [6.45, 7) is 1.39. The summed E-state index contributed by atoms with van der Waals surface area (Å²) in [5.74, 6) is 0.0683. The minimum atomic E-state index is 0.0683. The largest absolute Gasteiger partial charge is 0.350 e. The van der Waals surface area contributed by atoms with Crippen molar-refractivity contribution in [3.05, 3.63) is 35.9 Å². The van der Waals surface area contributed by atoms with Gasteiger partial charge in [-0.3, -0.25) is 9.69 Å². The number of benzene rings is 1. The number of carbonyl (C=O) groups excluding carboxylic acids is 1. The first-order valence-electron chi connectivity index (χ1n) is 6.41. The maximum atomic E-state index is 11.7. The molecule has 2 unspecified atom stereocenters. The zero-order chi connectivity index (χ0) is 13.0. The van der Waals surface area contributed by atoms with Gasteiger partial charge in [0.1, 0.15) is 0 Å². The van der Waals surface area contributed by atoms with E-state index in [0.29, 0.717) is 6.54 Å². The van der Waals surface area contributed by atoms with Crippen molar-refractivity contribution in [2.45, 2.75) is 18.5 Å². The monoisotopic (exact) mass is 247 g/mol. The van der Waals surface area contributed by atoms with E-state index in [-0.39, 0.29) is 18.0 Å². The molecule has 1 saturated heterocycles. The van der Waals surface area contributed by atoms with Crippen molar-refractivity contribution in [2.75, 3.05) is 27.2 Å². The molecule has 1 heterocycles. The Morgan fingerprint density at radius 1 is 1.39 bits per heavy atom. The van der Waals surface area contributed by atoms with Crippen molar-refractivity contribution in [1.82, 2.24) is 15.5 Å². The fourth-order valence-corrected chi connectivity index (χ4v) is 2.65. The van der Waals surface area contributed by atoms with E-state index in [1.165, 1.54) is 5.56 Å². The number of hydrogen-bond acceptors (Lipinski definition) is 3. The van der Waals surface area contributed by atoms with E-state index in [4.69, 9.17) is 0 Å². The third kappa shape index (κ3) is 2.89. The normalized spacial score (nSPS) is 24.1. The van der Waals surface area contributed by atoms with Crippen molar-refractivity contribution in [1.29, 1.82) is 0 Å². The highest BCUT2D eigenvalue weighted by atomic mass is 16.2. The highest BCUT2D eigenvalue weighted by molar-refractivity contribution is 5.78. The van der Waals surface area contributed by atoms with Crippen LogP contribution in [0.5, 0.6) is 0 Å². The van der Waals surface area contributed by atoms with Crippen LogP contribution in [0.4, 0.5) is 0 Å². The number of likely N-dealkylation sites (tertiary alicyclic amines) is 1. The molecular formula is C14H21N3O. The second kappa shape index (κ2) is 5.98. The van der Waals surface area contributed by atoms with Crippen molar-refractivity contribution < 1.29 is 4.79 Å². The summed E-state index contributed by atoms with van der Waals surface area (Å²) in [6.07, 6.45) is 1.01. The standard InChI is InChI=1S/C14H21N3O/c1-15-10-13(18)16-12-8-9-17(2)14(12)11-6-4-3-5-7-11/h3-7,12,14-15H,8-10H2,1-2H3,(H,16,18). The Kier molecular flexibility index (Phi) is 4.33. The predicted octanol–water partition coefficient (Wildman–Crippen LogP) is 0.767. The fraction of sp³-hybridized carbons (Fsp3) is 0.500. The van der Waals surface area contributed by atoms with Gasteiger partial charge in [-0.15, -0.1) is 0 Å². The fourth-order valence-electron chi connectivity index (χ4n) is 2.65. The van der Waals surface area contributed by atoms with E-state index < -0.39 is 0 Å². The number of nitrogens with one attached hydrogen (secondary N) is 2. The summed E-state index contributed by atoms with van der Waals surface area (Å²) in [6, 6.07) is 10.9. The van der Waals surface area contributed by atoms with Gasteiger partial charge in [-0.2, -0.15) is 0 Å². The third-order valence-corrected chi connectivity index (χ3v) is 3.47. The molecule has 2 rings (SSSR count). The Balaban J connectivity index is 2.08. The van der Waals surface area contributed by atoms with E-state index in [9.17, 15) is 4.79 Å². The quantitative estimate of drug-likeness (QED) is 0.826. The van der Waals surface area contributed by atoms with Crippen LogP contribution in [0.15, 0.2) is 30.3 Å². The Morgan fingerprint density at radius 3 is 2.78 bits per heavy atom. The molecule has 98 valence electrons. The molecule has 1 aliphatic rings. The summed E-state index contributed by atoms with van der Waals surface area (Å²) in [7, 11) is 3.90. The van der Waals surface area contributed by atoms with Crippen LogP contribution in [0.2, 0.25) is 0 Å². The van der Waals surface area contributed by atoms with Gasteiger partial charge < -0.3 is 10.6 Å². The molecule has 0 bridgehead atoms. The first-order valence-corrected chi connectivity index (χ1v) is 6.41. The summed E-state index contributed by atoms with van der Waals surface area (Å²) in [5, 5.41) is 6.00. The second-order valence-electron chi connectivity index (χ2n) is 4.83. The van der Waals surface area contributed by atoms with Gasteiger partial charge in [-0.25, -0.2) is 0 Å². The summed E-state index contributed by atoms with van der Waals surface area (Å²) < 4.78 is 0. The molecule has 4 nitrogen and oxygen atoms in total. The van der Waals surface area contributed by atoms with Gasteiger partial charge in [0.25, 0.3) is 0 Å². The van der Waals surface area contributed by atoms with Crippen molar-refractivity contribution in [3.63, 3.8) is 0 Å². The van der Waals surface area contributed by atoms with Crippen LogP contribution in [0.1, 0.15) is 18.0 Å². The number of likely N-dealkylation sites (N-methyl/N-ethyl adjacent to an activating group) is 2. The van der Waals surface area contributed by atoms with Gasteiger partial charge in [0.15, 0.2) is 0 Å². The highest BCUT2D eigenvalue weighted by Gasteiger charge is 2.33. The maximum absolute atomic E-state index is 11.7. The zero-order valence-electron chi connectivity index (χ0n) is 11.0. The van der Waals surface area contributed by atoms with Crippen molar-refractivity contribution in [2.24, 2.45) is 0 Å². The SMILES string of the molecule is CNCC(=O)NC1CCN(C)C1c1ccccc1. The topological polar surface area (TPSA) is 44.4 Å². The maximum Gasteiger partial charge on any atom is 0.234 e. The van der Waals surface area contributed by atoms with E-state index in [1.807, 2.05) is 18.2 Å². The lowest BCUT2D eigenvalue weighted by atomic mass is 10.0. The molecule has 1 aromatic carbocycles. The molecule has 0 aliphatic carbocycles. The molecule has 4 heteroatoms. The molecule has 0 spiro atoms. The predicted molar refractivity (Wildman–Crippen MR) is 72.3 cm³/mol. The third-order valence-electron chi connectivity index (χ3n) is 3.47. The molecule has 1 aliphatic heterocycles. The van der Waals surface area contributed by atoms with Crippen molar-refractivity contribution >= 4 is 5.91 Å². The van der Waals surface area contributed by atoms with Gasteiger partial charge in [-0.05, 0) is 26.1 Å². The van der Waals surface area contributed by atoms with Crippen molar-refractivity contribution in [3.8, 4) is 0 Å². The zero-order valence-corrected chi connectivity index (χ0v) is 11.0. The van der Waals surface area contributed by atoms with Gasteiger partial charge >= 0.3 is 0 Å². The van der Waals surface area contributed by atoms with Crippen LogP contribution in [0.25, 0.3) is 0 Å². The van der Waals surface area contributed by atoms with E-state index in [2.05, 4.69) is 34.7 Å². The molecule has 2 N–H and O–H groups in total. The van der Waals surface area contributed by atoms with E-state index in [1.54, 1.807) is 7.05 Å².